The summed E-state index contributed by atoms with van der Waals surface area (Å²) in [6.45, 7) is 1.85. The molecule has 0 aliphatic heterocycles. The van der Waals surface area contributed by atoms with Crippen LogP contribution in [0.4, 0.5) is 0 Å². The summed E-state index contributed by atoms with van der Waals surface area (Å²) in [5, 5.41) is 9.59. The maximum atomic E-state index is 8.99. The number of pyridine rings is 1. The molecule has 0 unspecified atom stereocenters. The average molecular weight is 197 g/mol. The van der Waals surface area contributed by atoms with Crippen LogP contribution in [0, 0.1) is 6.92 Å². The van der Waals surface area contributed by atoms with Crippen molar-refractivity contribution < 1.29 is 5.11 Å². The standard InChI is InChI=1S/C9H9ClN2O/c1-6-8(5-13)11-9-7(10)3-2-4-12(6)9/h2-4,13H,5H2,1H3. The zero-order chi connectivity index (χ0) is 9.42. The van der Waals surface area contributed by atoms with Gasteiger partial charge in [-0.2, -0.15) is 0 Å². The quantitative estimate of drug-likeness (QED) is 0.755. The van der Waals surface area contributed by atoms with E-state index in [-0.39, 0.29) is 6.61 Å². The summed E-state index contributed by atoms with van der Waals surface area (Å²) in [6, 6.07) is 3.63. The molecular weight excluding hydrogens is 188 g/mol. The number of hydrogen-bond acceptors (Lipinski definition) is 2. The van der Waals surface area contributed by atoms with E-state index in [1.807, 2.05) is 23.6 Å². The highest BCUT2D eigenvalue weighted by Gasteiger charge is 2.08. The van der Waals surface area contributed by atoms with Gasteiger partial charge in [-0.05, 0) is 19.1 Å². The Morgan fingerprint density at radius 2 is 2.38 bits per heavy atom. The van der Waals surface area contributed by atoms with Gasteiger partial charge in [-0.3, -0.25) is 0 Å². The molecule has 0 atom stereocenters. The Labute approximate surface area is 80.6 Å². The first-order chi connectivity index (χ1) is 6.24. The Hall–Kier alpha value is -1.06. The number of aliphatic hydroxyl groups excluding tert-OH is 1. The first kappa shape index (κ1) is 8.53. The van der Waals surface area contributed by atoms with Crippen LogP contribution in [0.15, 0.2) is 18.3 Å². The Bertz CT molecular complexity index is 450. The van der Waals surface area contributed by atoms with Gasteiger partial charge in [0.2, 0.25) is 0 Å². The molecule has 2 rings (SSSR count). The maximum Gasteiger partial charge on any atom is 0.156 e. The fourth-order valence-corrected chi connectivity index (χ4v) is 1.56. The topological polar surface area (TPSA) is 37.5 Å². The van der Waals surface area contributed by atoms with E-state index in [0.717, 1.165) is 5.69 Å². The van der Waals surface area contributed by atoms with Crippen LogP contribution in [0.1, 0.15) is 11.4 Å². The molecule has 0 aliphatic carbocycles. The van der Waals surface area contributed by atoms with E-state index in [1.54, 1.807) is 6.07 Å². The lowest BCUT2D eigenvalue weighted by Crippen LogP contribution is -1.88. The predicted molar refractivity (Wildman–Crippen MR) is 50.9 cm³/mol. The minimum Gasteiger partial charge on any atom is -0.390 e. The van der Waals surface area contributed by atoms with E-state index in [0.29, 0.717) is 16.4 Å². The zero-order valence-corrected chi connectivity index (χ0v) is 7.91. The lowest BCUT2D eigenvalue weighted by atomic mass is 10.4. The van der Waals surface area contributed by atoms with Crippen LogP contribution in [0.2, 0.25) is 5.02 Å². The summed E-state index contributed by atoms with van der Waals surface area (Å²) in [5.41, 5.74) is 2.30. The van der Waals surface area contributed by atoms with Crippen molar-refractivity contribution >= 4 is 17.2 Å². The van der Waals surface area contributed by atoms with Crippen LogP contribution < -0.4 is 0 Å². The van der Waals surface area contributed by atoms with E-state index in [2.05, 4.69) is 4.98 Å². The molecule has 0 aliphatic rings. The molecular formula is C9H9ClN2O. The largest absolute Gasteiger partial charge is 0.390 e. The molecule has 0 radical (unpaired) electrons. The number of aryl methyl sites for hydroxylation is 1. The van der Waals surface area contributed by atoms with Crippen LogP contribution in [0.5, 0.6) is 0 Å². The molecule has 3 nitrogen and oxygen atoms in total. The van der Waals surface area contributed by atoms with Gasteiger partial charge in [-0.15, -0.1) is 0 Å². The van der Waals surface area contributed by atoms with Gasteiger partial charge < -0.3 is 9.51 Å². The lowest BCUT2D eigenvalue weighted by molar-refractivity contribution is 0.276. The zero-order valence-electron chi connectivity index (χ0n) is 7.16. The van der Waals surface area contributed by atoms with Crippen molar-refractivity contribution in [3.8, 4) is 0 Å². The molecule has 0 fully saturated rings. The maximum absolute atomic E-state index is 8.99. The smallest absolute Gasteiger partial charge is 0.156 e. The number of rotatable bonds is 1. The van der Waals surface area contributed by atoms with Crippen molar-refractivity contribution in [2.24, 2.45) is 0 Å². The summed E-state index contributed by atoms with van der Waals surface area (Å²) in [6.07, 6.45) is 1.88. The number of fused-ring (bicyclic) bond motifs is 1. The molecule has 2 aromatic rings. The van der Waals surface area contributed by atoms with Crippen molar-refractivity contribution in [3.05, 3.63) is 34.7 Å². The molecule has 0 bridgehead atoms. The number of imidazole rings is 1. The molecule has 2 aromatic heterocycles. The number of aliphatic hydroxyl groups is 1. The fourth-order valence-electron chi connectivity index (χ4n) is 1.35. The second-order valence-corrected chi connectivity index (χ2v) is 3.26. The molecule has 68 valence electrons. The van der Waals surface area contributed by atoms with Crippen LogP contribution in [0.25, 0.3) is 5.65 Å². The first-order valence-electron chi connectivity index (χ1n) is 3.97. The van der Waals surface area contributed by atoms with Gasteiger partial charge in [0.1, 0.15) is 0 Å². The third kappa shape index (κ3) is 1.20. The van der Waals surface area contributed by atoms with Crippen molar-refractivity contribution in [2.75, 3.05) is 0 Å². The Morgan fingerprint density at radius 1 is 1.62 bits per heavy atom. The molecule has 0 saturated carbocycles. The Balaban J connectivity index is 2.83. The van der Waals surface area contributed by atoms with Crippen LogP contribution >= 0.6 is 11.6 Å². The van der Waals surface area contributed by atoms with Gasteiger partial charge in [0.25, 0.3) is 0 Å². The van der Waals surface area contributed by atoms with Gasteiger partial charge in [0.05, 0.1) is 17.3 Å². The summed E-state index contributed by atoms with van der Waals surface area (Å²) < 4.78 is 1.87. The number of nitrogens with zero attached hydrogens (tertiary/aromatic N) is 2. The molecule has 1 N–H and O–H groups in total. The highest BCUT2D eigenvalue weighted by Crippen LogP contribution is 2.19. The second kappa shape index (κ2) is 3.01. The minimum atomic E-state index is -0.0517. The molecule has 0 spiro atoms. The highest BCUT2D eigenvalue weighted by atomic mass is 35.5. The van der Waals surface area contributed by atoms with Gasteiger partial charge in [-0.1, -0.05) is 11.6 Å². The first-order valence-corrected chi connectivity index (χ1v) is 4.34. The Kier molecular flexibility index (Phi) is 1.98. The fraction of sp³-hybridized carbons (Fsp3) is 0.222. The van der Waals surface area contributed by atoms with Crippen molar-refractivity contribution in [3.63, 3.8) is 0 Å². The van der Waals surface area contributed by atoms with Crippen LogP contribution in [-0.4, -0.2) is 14.5 Å². The number of aromatic nitrogens is 2. The molecule has 2 heterocycles. The minimum absolute atomic E-state index is 0.0517. The van der Waals surface area contributed by atoms with Crippen molar-refractivity contribution in [2.45, 2.75) is 13.5 Å². The molecule has 0 aromatic carbocycles. The second-order valence-electron chi connectivity index (χ2n) is 2.85. The van der Waals surface area contributed by atoms with Crippen molar-refractivity contribution in [1.82, 2.24) is 9.38 Å². The molecule has 13 heavy (non-hydrogen) atoms. The summed E-state index contributed by atoms with van der Waals surface area (Å²) in [5.74, 6) is 0. The molecule has 4 heteroatoms. The highest BCUT2D eigenvalue weighted by molar-refractivity contribution is 6.33. The van der Waals surface area contributed by atoms with Crippen molar-refractivity contribution in [1.29, 1.82) is 0 Å². The predicted octanol–water partition coefficient (Wildman–Crippen LogP) is 1.79. The van der Waals surface area contributed by atoms with E-state index in [1.165, 1.54) is 0 Å². The van der Waals surface area contributed by atoms with Gasteiger partial charge in [0, 0.05) is 11.9 Å². The van der Waals surface area contributed by atoms with Crippen LogP contribution in [0.3, 0.4) is 0 Å². The third-order valence-corrected chi connectivity index (χ3v) is 2.38. The SMILES string of the molecule is Cc1c(CO)nc2c(Cl)cccn12. The van der Waals surface area contributed by atoms with Gasteiger partial charge in [0.15, 0.2) is 5.65 Å². The third-order valence-electron chi connectivity index (χ3n) is 2.09. The number of halogens is 1. The molecule has 0 amide bonds. The average Bonchev–Trinajstić information content (AvgIpc) is 2.45. The summed E-state index contributed by atoms with van der Waals surface area (Å²) in [7, 11) is 0. The van der Waals surface area contributed by atoms with E-state index >= 15 is 0 Å². The normalized spacial score (nSPS) is 11.0. The van der Waals surface area contributed by atoms with Gasteiger partial charge in [-0.25, -0.2) is 4.98 Å². The Morgan fingerprint density at radius 3 is 3.00 bits per heavy atom. The van der Waals surface area contributed by atoms with E-state index in [9.17, 15) is 0 Å². The lowest BCUT2D eigenvalue weighted by Gasteiger charge is -1.96. The monoisotopic (exact) mass is 196 g/mol. The van der Waals surface area contributed by atoms with E-state index < -0.39 is 0 Å². The van der Waals surface area contributed by atoms with Crippen LogP contribution in [-0.2, 0) is 6.61 Å². The molecule has 0 saturated heterocycles. The summed E-state index contributed by atoms with van der Waals surface area (Å²) >= 11 is 5.93. The summed E-state index contributed by atoms with van der Waals surface area (Å²) in [4.78, 5) is 4.21. The van der Waals surface area contributed by atoms with E-state index in [4.69, 9.17) is 16.7 Å². The number of hydrogen-bond donors (Lipinski definition) is 1. The van der Waals surface area contributed by atoms with Gasteiger partial charge >= 0.3 is 0 Å².